The van der Waals surface area contributed by atoms with Crippen molar-refractivity contribution < 1.29 is 18.7 Å². The lowest BCUT2D eigenvalue weighted by atomic mass is 10.1. The van der Waals surface area contributed by atoms with Crippen LogP contribution < -0.4 is 14.5 Å². The fourth-order valence-corrected chi connectivity index (χ4v) is 4.40. The first-order chi connectivity index (χ1) is 16.0. The van der Waals surface area contributed by atoms with E-state index >= 15 is 0 Å². The number of carbonyl (C=O) groups is 2. The number of carbonyl (C=O) groups excluding carboxylic acids is 2. The molecule has 0 radical (unpaired) electrons. The molecule has 2 aliphatic rings. The lowest BCUT2D eigenvalue weighted by Gasteiger charge is -2.35. The van der Waals surface area contributed by atoms with Gasteiger partial charge in [0.2, 0.25) is 0 Å². The monoisotopic (exact) mass is 465 g/mol. The zero-order valence-corrected chi connectivity index (χ0v) is 19.0. The van der Waals surface area contributed by atoms with Crippen molar-refractivity contribution in [3.8, 4) is 5.75 Å². The predicted molar refractivity (Wildman–Crippen MR) is 126 cm³/mol. The van der Waals surface area contributed by atoms with Crippen LogP contribution in [0, 0.1) is 6.92 Å². The van der Waals surface area contributed by atoms with Gasteiger partial charge in [0.1, 0.15) is 11.5 Å². The van der Waals surface area contributed by atoms with Crippen LogP contribution in [-0.2, 0) is 11.3 Å². The molecule has 7 nitrogen and oxygen atoms in total. The van der Waals surface area contributed by atoms with Gasteiger partial charge in [-0.25, -0.2) is 0 Å². The molecule has 1 aromatic heterocycles. The number of aryl methyl sites for hydroxylation is 1. The van der Waals surface area contributed by atoms with E-state index in [4.69, 9.17) is 20.8 Å². The van der Waals surface area contributed by atoms with Crippen molar-refractivity contribution in [1.29, 1.82) is 0 Å². The third-order valence-corrected chi connectivity index (χ3v) is 6.22. The molecule has 0 N–H and O–H groups in total. The summed E-state index contributed by atoms with van der Waals surface area (Å²) in [6.07, 6.45) is 0. The van der Waals surface area contributed by atoms with Crippen LogP contribution in [0.15, 0.2) is 59.0 Å². The Bertz CT molecular complexity index is 1200. The van der Waals surface area contributed by atoms with E-state index in [1.54, 1.807) is 21.9 Å². The molecule has 170 valence electrons. The molecule has 5 rings (SSSR count). The van der Waals surface area contributed by atoms with Gasteiger partial charge in [-0.3, -0.25) is 14.5 Å². The van der Waals surface area contributed by atoms with Gasteiger partial charge >= 0.3 is 0 Å². The second kappa shape index (κ2) is 8.83. The molecule has 3 aromatic rings. The highest BCUT2D eigenvalue weighted by Crippen LogP contribution is 2.34. The number of hydrogen-bond donors (Lipinski definition) is 0. The average molecular weight is 466 g/mol. The van der Waals surface area contributed by atoms with Crippen molar-refractivity contribution in [3.05, 3.63) is 76.7 Å². The number of furan rings is 1. The minimum Gasteiger partial charge on any atom is -0.482 e. The molecule has 33 heavy (non-hydrogen) atoms. The highest BCUT2D eigenvalue weighted by Gasteiger charge is 2.28. The van der Waals surface area contributed by atoms with E-state index in [1.807, 2.05) is 49.4 Å². The van der Waals surface area contributed by atoms with Crippen LogP contribution in [0.2, 0.25) is 5.02 Å². The number of ether oxygens (including phenoxy) is 1. The number of hydrogen-bond acceptors (Lipinski definition) is 5. The number of amides is 2. The van der Waals surface area contributed by atoms with Crippen LogP contribution >= 0.6 is 11.6 Å². The summed E-state index contributed by atoms with van der Waals surface area (Å²) in [6, 6.07) is 16.9. The summed E-state index contributed by atoms with van der Waals surface area (Å²) in [6.45, 7) is 4.82. The molecule has 2 aromatic carbocycles. The fraction of sp³-hybridized carbons (Fsp3) is 0.280. The minimum absolute atomic E-state index is 0.0144. The van der Waals surface area contributed by atoms with E-state index in [1.165, 1.54) is 0 Å². The molecule has 3 heterocycles. The summed E-state index contributed by atoms with van der Waals surface area (Å²) in [4.78, 5) is 31.2. The summed E-state index contributed by atoms with van der Waals surface area (Å²) in [5, 5.41) is 0.700. The maximum absolute atomic E-state index is 13.0. The molecule has 0 unspecified atom stereocenters. The molecule has 1 fully saturated rings. The zero-order chi connectivity index (χ0) is 22.9. The standard InChI is InChI=1S/C25H24ClN3O4/c1-17-5-7-22-21(13-17)29(24(30)16-32-22)15-20-6-8-23(33-20)25(31)28-11-9-27(10-12-28)19-4-2-3-18(26)14-19/h2-8,13-14H,9-12,15-16H2,1H3. The van der Waals surface area contributed by atoms with Gasteiger partial charge in [-0.05, 0) is 55.0 Å². The van der Waals surface area contributed by atoms with Crippen molar-refractivity contribution in [3.63, 3.8) is 0 Å². The number of piperazine rings is 1. The van der Waals surface area contributed by atoms with Crippen molar-refractivity contribution in [2.24, 2.45) is 0 Å². The third kappa shape index (κ3) is 4.41. The molecular weight excluding hydrogens is 442 g/mol. The second-order valence-electron chi connectivity index (χ2n) is 8.26. The number of anilines is 2. The van der Waals surface area contributed by atoms with E-state index in [2.05, 4.69) is 4.90 Å². The maximum atomic E-state index is 13.0. The van der Waals surface area contributed by atoms with Gasteiger partial charge in [0.25, 0.3) is 11.8 Å². The van der Waals surface area contributed by atoms with Gasteiger partial charge in [-0.15, -0.1) is 0 Å². The second-order valence-corrected chi connectivity index (χ2v) is 8.70. The smallest absolute Gasteiger partial charge is 0.289 e. The first kappa shape index (κ1) is 21.4. The van der Waals surface area contributed by atoms with Crippen molar-refractivity contribution >= 4 is 34.8 Å². The van der Waals surface area contributed by atoms with Crippen LogP contribution in [0.4, 0.5) is 11.4 Å². The molecular formula is C25H24ClN3O4. The van der Waals surface area contributed by atoms with E-state index in [-0.39, 0.29) is 30.7 Å². The van der Waals surface area contributed by atoms with Gasteiger partial charge in [0.15, 0.2) is 12.4 Å². The minimum atomic E-state index is -0.144. The topological polar surface area (TPSA) is 66.2 Å². The van der Waals surface area contributed by atoms with Crippen molar-refractivity contribution in [1.82, 2.24) is 4.90 Å². The van der Waals surface area contributed by atoms with E-state index < -0.39 is 0 Å². The average Bonchev–Trinajstić information content (AvgIpc) is 3.29. The Morgan fingerprint density at radius 1 is 1.03 bits per heavy atom. The van der Waals surface area contributed by atoms with E-state index in [0.29, 0.717) is 35.3 Å². The number of halogens is 1. The third-order valence-electron chi connectivity index (χ3n) is 5.98. The Hall–Kier alpha value is -3.45. The Labute approximate surface area is 197 Å². The quantitative estimate of drug-likeness (QED) is 0.579. The summed E-state index contributed by atoms with van der Waals surface area (Å²) in [5.74, 6) is 1.22. The Morgan fingerprint density at radius 3 is 2.64 bits per heavy atom. The molecule has 1 saturated heterocycles. The number of rotatable bonds is 4. The van der Waals surface area contributed by atoms with Crippen LogP contribution in [0.5, 0.6) is 5.75 Å². The molecule has 8 heteroatoms. The van der Waals surface area contributed by atoms with Crippen LogP contribution in [0.25, 0.3) is 0 Å². The maximum Gasteiger partial charge on any atom is 0.289 e. The first-order valence-corrected chi connectivity index (χ1v) is 11.3. The normalized spacial score (nSPS) is 15.9. The molecule has 0 atom stereocenters. The highest BCUT2D eigenvalue weighted by molar-refractivity contribution is 6.30. The largest absolute Gasteiger partial charge is 0.482 e. The van der Waals surface area contributed by atoms with Crippen LogP contribution in [0.1, 0.15) is 21.9 Å². The van der Waals surface area contributed by atoms with Gasteiger partial charge in [0, 0.05) is 36.9 Å². The summed E-state index contributed by atoms with van der Waals surface area (Å²) in [7, 11) is 0. The van der Waals surface area contributed by atoms with Crippen molar-refractivity contribution in [2.45, 2.75) is 13.5 Å². The number of nitrogens with zero attached hydrogens (tertiary/aromatic N) is 3. The highest BCUT2D eigenvalue weighted by atomic mass is 35.5. The molecule has 0 aliphatic carbocycles. The predicted octanol–water partition coefficient (Wildman–Crippen LogP) is 4.13. The molecule has 0 bridgehead atoms. The van der Waals surface area contributed by atoms with Crippen molar-refractivity contribution in [2.75, 3.05) is 42.6 Å². The molecule has 2 amide bonds. The zero-order valence-electron chi connectivity index (χ0n) is 18.3. The summed E-state index contributed by atoms with van der Waals surface area (Å²) < 4.78 is 11.4. The fourth-order valence-electron chi connectivity index (χ4n) is 4.22. The van der Waals surface area contributed by atoms with Gasteiger partial charge in [-0.2, -0.15) is 0 Å². The Morgan fingerprint density at radius 2 is 1.85 bits per heavy atom. The van der Waals surface area contributed by atoms with Gasteiger partial charge in [-0.1, -0.05) is 23.7 Å². The first-order valence-electron chi connectivity index (χ1n) is 10.9. The Kier molecular flexibility index (Phi) is 5.72. The Balaban J connectivity index is 1.25. The SMILES string of the molecule is Cc1ccc2c(c1)N(Cc1ccc(C(=O)N3CCN(c4cccc(Cl)c4)CC3)o1)C(=O)CO2. The lowest BCUT2D eigenvalue weighted by molar-refractivity contribution is -0.121. The van der Waals surface area contributed by atoms with Gasteiger partial charge in [0.05, 0.1) is 12.2 Å². The van der Waals surface area contributed by atoms with Crippen LogP contribution in [0.3, 0.4) is 0 Å². The number of fused-ring (bicyclic) bond motifs is 1. The summed E-state index contributed by atoms with van der Waals surface area (Å²) >= 11 is 6.11. The van der Waals surface area contributed by atoms with Crippen LogP contribution in [-0.4, -0.2) is 49.5 Å². The summed E-state index contributed by atoms with van der Waals surface area (Å²) in [5.41, 5.74) is 2.80. The molecule has 0 spiro atoms. The van der Waals surface area contributed by atoms with E-state index in [0.717, 1.165) is 24.3 Å². The van der Waals surface area contributed by atoms with Gasteiger partial charge < -0.3 is 19.0 Å². The van der Waals surface area contributed by atoms with E-state index in [9.17, 15) is 9.59 Å². The molecule has 2 aliphatic heterocycles. The lowest BCUT2D eigenvalue weighted by Crippen LogP contribution is -2.48. The number of benzene rings is 2. The molecule has 0 saturated carbocycles.